The number of nitrogens with two attached hydrogens (primary N) is 1. The van der Waals surface area contributed by atoms with Gasteiger partial charge in [0.05, 0.1) is 16.9 Å². The summed E-state index contributed by atoms with van der Waals surface area (Å²) in [5.41, 5.74) is 9.47. The van der Waals surface area contributed by atoms with Crippen molar-refractivity contribution >= 4 is 23.1 Å². The molecule has 0 saturated carbocycles. The zero-order chi connectivity index (χ0) is 15.1. The van der Waals surface area contributed by atoms with Gasteiger partial charge in [-0.05, 0) is 29.7 Å². The molecule has 0 radical (unpaired) electrons. The van der Waals surface area contributed by atoms with Gasteiger partial charge in [-0.15, -0.1) is 0 Å². The van der Waals surface area contributed by atoms with Crippen LogP contribution in [0.15, 0.2) is 24.3 Å². The molecule has 0 aromatic heterocycles. The number of rotatable bonds is 2. The van der Waals surface area contributed by atoms with Crippen LogP contribution >= 0.6 is 11.8 Å². The minimum atomic E-state index is 0.101. The first kappa shape index (κ1) is 15.0. The summed E-state index contributed by atoms with van der Waals surface area (Å²) in [6.45, 7) is 7.64. The average molecular weight is 305 g/mol. The summed E-state index contributed by atoms with van der Waals surface area (Å²) in [5, 5.41) is 0. The molecule has 1 aromatic rings. The van der Waals surface area contributed by atoms with Gasteiger partial charge < -0.3 is 15.5 Å². The second-order valence-corrected chi connectivity index (χ2v) is 8.31. The maximum Gasteiger partial charge on any atom is 0.0621 e. The van der Waals surface area contributed by atoms with Crippen LogP contribution in [0.1, 0.15) is 20.3 Å². The van der Waals surface area contributed by atoms with Crippen LogP contribution in [-0.2, 0) is 0 Å². The monoisotopic (exact) mass is 305 g/mol. The Labute approximate surface area is 132 Å². The quantitative estimate of drug-likeness (QED) is 0.911. The molecule has 0 amide bonds. The van der Waals surface area contributed by atoms with Gasteiger partial charge in [-0.3, -0.25) is 0 Å². The predicted octanol–water partition coefficient (Wildman–Crippen LogP) is 2.80. The number of anilines is 2. The van der Waals surface area contributed by atoms with Crippen LogP contribution in [-0.4, -0.2) is 43.7 Å². The van der Waals surface area contributed by atoms with E-state index in [1.807, 2.05) is 0 Å². The van der Waals surface area contributed by atoms with E-state index >= 15 is 0 Å². The summed E-state index contributed by atoms with van der Waals surface area (Å²) < 4.78 is 0. The van der Waals surface area contributed by atoms with Gasteiger partial charge in [-0.25, -0.2) is 0 Å². The Morgan fingerprint density at radius 1 is 1.14 bits per heavy atom. The molecule has 0 spiro atoms. The fraction of sp³-hybridized carbons (Fsp3) is 0.647. The molecule has 2 N–H and O–H groups in total. The zero-order valence-electron chi connectivity index (χ0n) is 13.4. The number of thioether (sulfide) groups is 1. The van der Waals surface area contributed by atoms with Gasteiger partial charge in [0, 0.05) is 32.4 Å². The van der Waals surface area contributed by atoms with E-state index in [1.165, 1.54) is 23.5 Å². The molecule has 0 aliphatic carbocycles. The van der Waals surface area contributed by atoms with Gasteiger partial charge in [0.15, 0.2) is 0 Å². The van der Waals surface area contributed by atoms with E-state index in [2.05, 4.69) is 66.7 Å². The Bertz CT molecular complexity index is 517. The molecule has 4 heteroatoms. The van der Waals surface area contributed by atoms with Crippen molar-refractivity contribution in [2.75, 3.05) is 48.0 Å². The van der Waals surface area contributed by atoms with E-state index in [-0.39, 0.29) is 5.54 Å². The molecular weight excluding hydrogens is 278 g/mol. The lowest BCUT2D eigenvalue weighted by Crippen LogP contribution is -2.62. The Kier molecular flexibility index (Phi) is 3.87. The highest BCUT2D eigenvalue weighted by Gasteiger charge is 2.45. The smallest absolute Gasteiger partial charge is 0.0621 e. The third kappa shape index (κ3) is 2.64. The van der Waals surface area contributed by atoms with Crippen molar-refractivity contribution in [1.29, 1.82) is 0 Å². The van der Waals surface area contributed by atoms with Gasteiger partial charge in [0.2, 0.25) is 0 Å². The Morgan fingerprint density at radius 3 is 2.52 bits per heavy atom. The normalized spacial score (nSPS) is 28.4. The highest BCUT2D eigenvalue weighted by molar-refractivity contribution is 7.99. The van der Waals surface area contributed by atoms with Crippen LogP contribution < -0.4 is 15.5 Å². The summed E-state index contributed by atoms with van der Waals surface area (Å²) >= 11 is 2.07. The summed E-state index contributed by atoms with van der Waals surface area (Å²) in [7, 11) is 2.19. The third-order valence-corrected chi connectivity index (χ3v) is 6.59. The van der Waals surface area contributed by atoms with Crippen molar-refractivity contribution in [3.05, 3.63) is 24.3 Å². The average Bonchev–Trinajstić information content (AvgIpc) is 2.46. The van der Waals surface area contributed by atoms with Crippen molar-refractivity contribution in [2.45, 2.75) is 25.8 Å². The Hall–Kier alpha value is -0.870. The number of benzene rings is 1. The largest absolute Gasteiger partial charge is 0.371 e. The fourth-order valence-electron chi connectivity index (χ4n) is 3.92. The lowest BCUT2D eigenvalue weighted by Gasteiger charge is -2.54. The van der Waals surface area contributed by atoms with Crippen LogP contribution in [0.25, 0.3) is 0 Å². The first-order valence-electron chi connectivity index (χ1n) is 7.83. The number of hydrogen-bond acceptors (Lipinski definition) is 4. The molecule has 1 unspecified atom stereocenters. The molecular formula is C17H27N3S. The van der Waals surface area contributed by atoms with Crippen LogP contribution in [0.2, 0.25) is 0 Å². The third-order valence-electron chi connectivity index (χ3n) is 4.87. The molecule has 3 nitrogen and oxygen atoms in total. The van der Waals surface area contributed by atoms with E-state index in [9.17, 15) is 0 Å². The first-order valence-corrected chi connectivity index (χ1v) is 8.99. The van der Waals surface area contributed by atoms with Gasteiger partial charge in [-0.2, -0.15) is 11.8 Å². The molecule has 2 heterocycles. The predicted molar refractivity (Wildman–Crippen MR) is 94.6 cm³/mol. The lowest BCUT2D eigenvalue weighted by atomic mass is 9.78. The standard InChI is InChI=1S/C17H27N3S/c1-16(2)10-17(11-18,13-21-12-16)20-9-8-19(3)14-6-4-5-7-15(14)20/h4-7H,8-13,18H2,1-3H3. The van der Waals surface area contributed by atoms with Crippen molar-refractivity contribution in [3.8, 4) is 0 Å². The van der Waals surface area contributed by atoms with Crippen LogP contribution in [0.4, 0.5) is 11.4 Å². The zero-order valence-corrected chi connectivity index (χ0v) is 14.2. The van der Waals surface area contributed by atoms with Crippen molar-refractivity contribution < 1.29 is 0 Å². The first-order chi connectivity index (χ1) is 9.97. The summed E-state index contributed by atoms with van der Waals surface area (Å²) in [6, 6.07) is 8.77. The molecule has 1 atom stereocenters. The summed E-state index contributed by atoms with van der Waals surface area (Å²) in [4.78, 5) is 4.97. The number of fused-ring (bicyclic) bond motifs is 1. The van der Waals surface area contributed by atoms with Gasteiger partial charge in [0.1, 0.15) is 0 Å². The minimum absolute atomic E-state index is 0.101. The Morgan fingerprint density at radius 2 is 1.86 bits per heavy atom. The molecule has 2 aliphatic heterocycles. The molecule has 2 aliphatic rings. The highest BCUT2D eigenvalue weighted by Crippen LogP contribution is 2.46. The minimum Gasteiger partial charge on any atom is -0.371 e. The number of hydrogen-bond donors (Lipinski definition) is 1. The van der Waals surface area contributed by atoms with E-state index in [0.717, 1.165) is 25.4 Å². The van der Waals surface area contributed by atoms with E-state index in [4.69, 9.17) is 5.73 Å². The van der Waals surface area contributed by atoms with E-state index in [0.29, 0.717) is 5.41 Å². The number of nitrogens with zero attached hydrogens (tertiary/aromatic N) is 2. The molecule has 1 fully saturated rings. The lowest BCUT2D eigenvalue weighted by molar-refractivity contribution is 0.258. The van der Waals surface area contributed by atoms with Gasteiger partial charge in [0.25, 0.3) is 0 Å². The van der Waals surface area contributed by atoms with Crippen molar-refractivity contribution in [1.82, 2.24) is 0 Å². The van der Waals surface area contributed by atoms with Gasteiger partial charge >= 0.3 is 0 Å². The van der Waals surface area contributed by atoms with Crippen molar-refractivity contribution in [3.63, 3.8) is 0 Å². The second kappa shape index (κ2) is 5.40. The van der Waals surface area contributed by atoms with Gasteiger partial charge in [-0.1, -0.05) is 26.0 Å². The second-order valence-electron chi connectivity index (χ2n) is 7.32. The molecule has 3 rings (SSSR count). The summed E-state index contributed by atoms with van der Waals surface area (Å²) in [6.07, 6.45) is 1.18. The van der Waals surface area contributed by atoms with Crippen molar-refractivity contribution in [2.24, 2.45) is 11.1 Å². The topological polar surface area (TPSA) is 32.5 Å². The maximum absolute atomic E-state index is 6.31. The number of para-hydroxylation sites is 2. The highest BCUT2D eigenvalue weighted by atomic mass is 32.2. The molecule has 21 heavy (non-hydrogen) atoms. The van der Waals surface area contributed by atoms with Crippen LogP contribution in [0.3, 0.4) is 0 Å². The SMILES string of the molecule is CN1CCN(C2(CN)CSCC(C)(C)C2)c2ccccc21. The summed E-state index contributed by atoms with van der Waals surface area (Å²) in [5.74, 6) is 2.38. The van der Waals surface area contributed by atoms with Crippen LogP contribution in [0, 0.1) is 5.41 Å². The van der Waals surface area contributed by atoms with E-state index in [1.54, 1.807) is 0 Å². The molecule has 116 valence electrons. The molecule has 1 aromatic carbocycles. The fourth-order valence-corrected chi connectivity index (χ4v) is 5.44. The molecule has 1 saturated heterocycles. The van der Waals surface area contributed by atoms with E-state index < -0.39 is 0 Å². The maximum atomic E-state index is 6.31. The molecule has 0 bridgehead atoms. The number of likely N-dealkylation sites (N-methyl/N-ethyl adjacent to an activating group) is 1. The van der Waals surface area contributed by atoms with Crippen LogP contribution in [0.5, 0.6) is 0 Å². The Balaban J connectivity index is 2.00.